The highest BCUT2D eigenvalue weighted by Crippen LogP contribution is 2.36. The molecule has 0 aromatic heterocycles. The standard InChI is InChI=1S/C44H73Cl2N3O10/c1-12-35-44(8,55)39(52)31(6)48(11)26-27(2)25-43(7,54)40(29(4)37(51)30(5)41(53)57-35)59-42-38(34(47(9)10)24-28(3)56-42)58-36(50)15-13-14-32-16-18-33(19-17-32)49(22-20-45)23-21-46/h16-19,27-31,34-35,38-40,42,52,54-55H,12-15,20-26H2,1-11H3/t27-,28-,29+,30-,31-,34+,35-,38-,39-,40-,42+,43-,44-/m1/s1. The van der Waals surface area contributed by atoms with Crippen molar-refractivity contribution in [2.24, 2.45) is 17.8 Å². The highest BCUT2D eigenvalue weighted by atomic mass is 35.5. The maximum Gasteiger partial charge on any atom is 0.316 e. The Hall–Kier alpha value is -2.07. The summed E-state index contributed by atoms with van der Waals surface area (Å²) < 4.78 is 25.1. The maximum absolute atomic E-state index is 14.2. The molecule has 3 rings (SSSR count). The molecule has 0 bridgehead atoms. The molecule has 0 radical (unpaired) electrons. The largest absolute Gasteiger partial charge is 0.459 e. The Morgan fingerprint density at radius 3 is 2.19 bits per heavy atom. The van der Waals surface area contributed by atoms with Crippen molar-refractivity contribution in [1.29, 1.82) is 0 Å². The third-order valence-corrected chi connectivity index (χ3v) is 12.7. The Kier molecular flexibility index (Phi) is 19.9. The molecule has 59 heavy (non-hydrogen) atoms. The number of aliphatic hydroxyl groups is 3. The summed E-state index contributed by atoms with van der Waals surface area (Å²) in [5.74, 6) is -3.37. The number of esters is 2. The van der Waals surface area contributed by atoms with Crippen LogP contribution in [0.5, 0.6) is 0 Å². The first-order chi connectivity index (χ1) is 27.6. The van der Waals surface area contributed by atoms with Crippen molar-refractivity contribution in [3.8, 4) is 0 Å². The summed E-state index contributed by atoms with van der Waals surface area (Å²) in [5.41, 5.74) is -1.36. The number of alkyl halides is 2. The van der Waals surface area contributed by atoms with Crippen LogP contribution in [-0.4, -0.2) is 155 Å². The van der Waals surface area contributed by atoms with Gasteiger partial charge in [0, 0.05) is 55.5 Å². The number of ether oxygens (including phenoxy) is 4. The number of hydrogen-bond acceptors (Lipinski definition) is 13. The molecule has 15 heteroatoms. The van der Waals surface area contributed by atoms with Crippen molar-refractivity contribution in [2.45, 2.75) is 154 Å². The molecule has 13 atom stereocenters. The van der Waals surface area contributed by atoms with Gasteiger partial charge in [-0.3, -0.25) is 14.4 Å². The van der Waals surface area contributed by atoms with Crippen molar-refractivity contribution in [1.82, 2.24) is 9.80 Å². The number of rotatable bonds is 14. The van der Waals surface area contributed by atoms with E-state index < -0.39 is 77.5 Å². The van der Waals surface area contributed by atoms with Crippen LogP contribution < -0.4 is 4.90 Å². The number of anilines is 1. The molecule has 3 N–H and O–H groups in total. The van der Waals surface area contributed by atoms with Crippen LogP contribution >= 0.6 is 23.2 Å². The molecule has 2 aliphatic heterocycles. The zero-order chi connectivity index (χ0) is 44.4. The number of nitrogens with zero attached hydrogens (tertiary/aromatic N) is 3. The number of likely N-dealkylation sites (N-methyl/N-ethyl adjacent to an activating group) is 2. The molecule has 0 saturated carbocycles. The molecular formula is C44H73Cl2N3O10. The fraction of sp³-hybridized carbons (Fsp3) is 0.795. The fourth-order valence-corrected chi connectivity index (χ4v) is 9.20. The topological polar surface area (TPSA) is 159 Å². The van der Waals surface area contributed by atoms with E-state index >= 15 is 0 Å². The number of aryl methyl sites for hydroxylation is 1. The van der Waals surface area contributed by atoms with Crippen LogP contribution in [0.4, 0.5) is 5.69 Å². The second-order valence-electron chi connectivity index (χ2n) is 17.7. The molecule has 0 spiro atoms. The van der Waals surface area contributed by atoms with Crippen molar-refractivity contribution >= 4 is 46.6 Å². The number of aliphatic hydroxyl groups excluding tert-OH is 1. The molecule has 2 aliphatic rings. The number of halogens is 2. The average Bonchev–Trinajstić information content (AvgIpc) is 3.17. The van der Waals surface area contributed by atoms with E-state index in [1.807, 2.05) is 69.1 Å². The van der Waals surface area contributed by atoms with Gasteiger partial charge in [0.25, 0.3) is 0 Å². The van der Waals surface area contributed by atoms with E-state index in [-0.39, 0.29) is 37.3 Å². The maximum atomic E-state index is 14.2. The lowest BCUT2D eigenvalue weighted by Crippen LogP contribution is -2.60. The number of benzene rings is 1. The first-order valence-electron chi connectivity index (χ1n) is 21.3. The molecule has 0 unspecified atom stereocenters. The molecule has 1 aromatic carbocycles. The average molecular weight is 875 g/mol. The molecule has 338 valence electrons. The van der Waals surface area contributed by atoms with Gasteiger partial charge in [0.15, 0.2) is 18.2 Å². The van der Waals surface area contributed by atoms with Crippen LogP contribution in [-0.2, 0) is 39.8 Å². The molecular weight excluding hydrogens is 801 g/mol. The van der Waals surface area contributed by atoms with Gasteiger partial charge in [-0.25, -0.2) is 0 Å². The van der Waals surface area contributed by atoms with E-state index in [0.29, 0.717) is 50.7 Å². The molecule has 13 nitrogen and oxygen atoms in total. The van der Waals surface area contributed by atoms with Crippen LogP contribution in [0.2, 0.25) is 0 Å². The number of cyclic esters (lactones) is 1. The summed E-state index contributed by atoms with van der Waals surface area (Å²) in [5, 5.41) is 35.2. The molecule has 0 amide bonds. The van der Waals surface area contributed by atoms with E-state index in [1.54, 1.807) is 27.7 Å². The highest BCUT2D eigenvalue weighted by Gasteiger charge is 2.50. The van der Waals surface area contributed by atoms with Crippen molar-refractivity contribution in [2.75, 3.05) is 57.4 Å². The molecule has 1 aromatic rings. The Morgan fingerprint density at radius 2 is 1.63 bits per heavy atom. The lowest BCUT2D eigenvalue weighted by molar-refractivity contribution is -0.296. The first-order valence-corrected chi connectivity index (χ1v) is 22.4. The van der Waals surface area contributed by atoms with Crippen LogP contribution in [0.15, 0.2) is 24.3 Å². The second kappa shape index (κ2) is 22.9. The Labute approximate surface area is 362 Å². The number of carbonyl (C=O) groups is 3. The lowest BCUT2D eigenvalue weighted by Gasteiger charge is -2.46. The fourth-order valence-electron chi connectivity index (χ4n) is 8.79. The Bertz CT molecular complexity index is 1480. The highest BCUT2D eigenvalue weighted by molar-refractivity contribution is 6.18. The molecule has 0 aliphatic carbocycles. The van der Waals surface area contributed by atoms with Crippen molar-refractivity contribution < 1.29 is 48.7 Å². The van der Waals surface area contributed by atoms with Gasteiger partial charge >= 0.3 is 11.9 Å². The zero-order valence-electron chi connectivity index (χ0n) is 37.2. The summed E-state index contributed by atoms with van der Waals surface area (Å²) in [7, 11) is 5.60. The predicted octanol–water partition coefficient (Wildman–Crippen LogP) is 5.04. The number of Topliss-reactive ketones (excluding diaryl/α,β-unsaturated/α-hetero) is 1. The van der Waals surface area contributed by atoms with Crippen LogP contribution in [0, 0.1) is 17.8 Å². The summed E-state index contributed by atoms with van der Waals surface area (Å²) in [6, 6.07) is 7.27. The number of carbonyl (C=O) groups excluding carboxylic acids is 3. The summed E-state index contributed by atoms with van der Waals surface area (Å²) in [4.78, 5) is 47.4. The zero-order valence-corrected chi connectivity index (χ0v) is 38.7. The lowest BCUT2D eigenvalue weighted by atomic mass is 9.78. The van der Waals surface area contributed by atoms with Gasteiger partial charge in [0.05, 0.1) is 23.9 Å². The SMILES string of the molecule is CC[C@H]1OC(=O)[C@H](C)C(=O)[C@H](C)[C@@H](O[C@@H]2O[C@H](C)C[C@H](N(C)C)[C@H]2OC(=O)CCCc2ccc(N(CCCl)CCCl)cc2)[C@](C)(O)C[C@@H](C)CN(C)[C@H](C)[C@@H](O)[C@]1(C)O. The number of hydrogen-bond donors (Lipinski definition) is 3. The summed E-state index contributed by atoms with van der Waals surface area (Å²) in [6.07, 6.45) is -3.75. The minimum atomic E-state index is -1.82. The summed E-state index contributed by atoms with van der Waals surface area (Å²) >= 11 is 12.0. The van der Waals surface area contributed by atoms with Gasteiger partial charge < -0.3 is 49.0 Å². The van der Waals surface area contributed by atoms with Gasteiger partial charge in [-0.2, -0.15) is 0 Å². The Balaban J connectivity index is 1.90. The Morgan fingerprint density at radius 1 is 1.02 bits per heavy atom. The van der Waals surface area contributed by atoms with Gasteiger partial charge in [-0.15, -0.1) is 23.2 Å². The first kappa shape index (κ1) is 51.3. The van der Waals surface area contributed by atoms with E-state index in [4.69, 9.17) is 42.1 Å². The van der Waals surface area contributed by atoms with E-state index in [9.17, 15) is 29.7 Å². The van der Waals surface area contributed by atoms with Crippen LogP contribution in [0.25, 0.3) is 0 Å². The van der Waals surface area contributed by atoms with Crippen LogP contribution in [0.3, 0.4) is 0 Å². The number of ketones is 1. The predicted molar refractivity (Wildman–Crippen MR) is 231 cm³/mol. The van der Waals surface area contributed by atoms with Gasteiger partial charge in [-0.05, 0) is 111 Å². The molecule has 2 heterocycles. The van der Waals surface area contributed by atoms with E-state index in [1.165, 1.54) is 13.8 Å². The van der Waals surface area contributed by atoms with E-state index in [0.717, 1.165) is 11.3 Å². The third kappa shape index (κ3) is 13.7. The van der Waals surface area contributed by atoms with E-state index in [2.05, 4.69) is 4.90 Å². The second-order valence-corrected chi connectivity index (χ2v) is 18.5. The monoisotopic (exact) mass is 873 g/mol. The molecule has 2 saturated heterocycles. The van der Waals surface area contributed by atoms with Gasteiger partial charge in [-0.1, -0.05) is 32.9 Å². The quantitative estimate of drug-likeness (QED) is 0.130. The third-order valence-electron chi connectivity index (χ3n) is 12.3. The van der Waals surface area contributed by atoms with Gasteiger partial charge in [0.1, 0.15) is 23.7 Å². The van der Waals surface area contributed by atoms with Gasteiger partial charge in [0.2, 0.25) is 0 Å². The van der Waals surface area contributed by atoms with Crippen LogP contribution in [0.1, 0.15) is 93.1 Å². The minimum Gasteiger partial charge on any atom is -0.459 e. The molecule has 2 fully saturated rings. The normalized spacial score (nSPS) is 35.8. The smallest absolute Gasteiger partial charge is 0.316 e. The van der Waals surface area contributed by atoms with Crippen molar-refractivity contribution in [3.63, 3.8) is 0 Å². The minimum absolute atomic E-state index is 0.144. The van der Waals surface area contributed by atoms with Crippen molar-refractivity contribution in [3.05, 3.63) is 29.8 Å². The summed E-state index contributed by atoms with van der Waals surface area (Å²) in [6.45, 7) is 15.2.